The number of rotatable bonds is 5. The van der Waals surface area contributed by atoms with Gasteiger partial charge in [-0.05, 0) is 49.8 Å². The first kappa shape index (κ1) is 17.7. The number of nitrogens with zero attached hydrogens (tertiary/aromatic N) is 4. The van der Waals surface area contributed by atoms with Gasteiger partial charge in [0, 0.05) is 19.3 Å². The predicted molar refractivity (Wildman–Crippen MR) is 103 cm³/mol. The van der Waals surface area contributed by atoms with E-state index in [1.807, 2.05) is 30.3 Å². The van der Waals surface area contributed by atoms with Crippen molar-refractivity contribution < 1.29 is 9.63 Å². The first-order valence-electron chi connectivity index (χ1n) is 9.43. The van der Waals surface area contributed by atoms with Crippen molar-refractivity contribution in [3.8, 4) is 11.5 Å². The van der Waals surface area contributed by atoms with Crippen LogP contribution in [0.25, 0.3) is 11.5 Å². The summed E-state index contributed by atoms with van der Waals surface area (Å²) in [7, 11) is 0. The summed E-state index contributed by atoms with van der Waals surface area (Å²) in [6.45, 7) is 3.61. The maximum absolute atomic E-state index is 10.6. The van der Waals surface area contributed by atoms with Crippen LogP contribution in [0.4, 0.5) is 5.82 Å². The van der Waals surface area contributed by atoms with Gasteiger partial charge in [0.25, 0.3) is 5.89 Å². The Balaban J connectivity index is 1.33. The third kappa shape index (κ3) is 4.17. The van der Waals surface area contributed by atoms with Crippen molar-refractivity contribution in [1.82, 2.24) is 15.1 Å². The van der Waals surface area contributed by atoms with Crippen LogP contribution in [0.3, 0.4) is 0 Å². The second-order valence-corrected chi connectivity index (χ2v) is 7.13. The molecule has 0 spiro atoms. The number of benzene rings is 1. The van der Waals surface area contributed by atoms with Crippen molar-refractivity contribution in [2.75, 3.05) is 18.0 Å². The molecule has 0 aliphatic carbocycles. The highest BCUT2D eigenvalue weighted by Gasteiger charge is 2.26. The van der Waals surface area contributed by atoms with Crippen LogP contribution >= 0.6 is 0 Å². The molecule has 0 saturated carbocycles. The van der Waals surface area contributed by atoms with E-state index in [1.165, 1.54) is 5.56 Å². The van der Waals surface area contributed by atoms with Gasteiger partial charge in [0.1, 0.15) is 5.82 Å². The van der Waals surface area contributed by atoms with Crippen LogP contribution in [0.2, 0.25) is 0 Å². The number of aliphatic hydroxyl groups is 1. The summed E-state index contributed by atoms with van der Waals surface area (Å²) in [5.74, 6) is 2.40. The minimum absolute atomic E-state index is 0.286. The molecule has 1 atom stereocenters. The van der Waals surface area contributed by atoms with Crippen LogP contribution in [0, 0.1) is 12.8 Å². The molecule has 6 nitrogen and oxygen atoms in total. The van der Waals surface area contributed by atoms with Gasteiger partial charge < -0.3 is 14.5 Å². The van der Waals surface area contributed by atoms with Crippen LogP contribution < -0.4 is 4.90 Å². The lowest BCUT2D eigenvalue weighted by Crippen LogP contribution is -2.38. The average Bonchev–Trinajstić information content (AvgIpc) is 3.15. The summed E-state index contributed by atoms with van der Waals surface area (Å²) in [6, 6.07) is 14.2. The second-order valence-electron chi connectivity index (χ2n) is 7.13. The molecule has 1 aliphatic rings. The number of aromatic nitrogens is 3. The van der Waals surface area contributed by atoms with Gasteiger partial charge in [0.15, 0.2) is 5.82 Å². The maximum atomic E-state index is 10.6. The number of pyridine rings is 1. The largest absolute Gasteiger partial charge is 0.392 e. The van der Waals surface area contributed by atoms with E-state index in [2.05, 4.69) is 32.2 Å². The Morgan fingerprint density at radius 3 is 2.56 bits per heavy atom. The molecule has 3 heterocycles. The van der Waals surface area contributed by atoms with E-state index in [0.29, 0.717) is 17.6 Å². The van der Waals surface area contributed by atoms with Crippen LogP contribution in [0.15, 0.2) is 53.2 Å². The summed E-state index contributed by atoms with van der Waals surface area (Å²) in [4.78, 5) is 11.1. The molecule has 27 heavy (non-hydrogen) atoms. The van der Waals surface area contributed by atoms with E-state index in [0.717, 1.165) is 43.7 Å². The molecular weight excluding hydrogens is 340 g/mol. The Morgan fingerprint density at radius 2 is 1.93 bits per heavy atom. The Hall–Kier alpha value is -2.73. The van der Waals surface area contributed by atoms with Gasteiger partial charge in [-0.2, -0.15) is 4.98 Å². The van der Waals surface area contributed by atoms with Gasteiger partial charge >= 0.3 is 0 Å². The molecule has 140 valence electrons. The fraction of sp³-hybridized carbons (Fsp3) is 0.381. The first-order valence-corrected chi connectivity index (χ1v) is 9.43. The highest BCUT2D eigenvalue weighted by molar-refractivity contribution is 5.54. The molecule has 2 aromatic heterocycles. The summed E-state index contributed by atoms with van der Waals surface area (Å²) < 4.78 is 5.18. The van der Waals surface area contributed by atoms with Crippen LogP contribution in [0.5, 0.6) is 0 Å². The predicted octanol–water partition coefficient (Wildman–Crippen LogP) is 3.26. The van der Waals surface area contributed by atoms with Crippen LogP contribution in [-0.2, 0) is 6.42 Å². The molecule has 1 saturated heterocycles. The number of hydrogen-bond acceptors (Lipinski definition) is 6. The third-order valence-electron chi connectivity index (χ3n) is 5.22. The zero-order valence-corrected chi connectivity index (χ0v) is 15.5. The average molecular weight is 364 g/mol. The molecule has 1 aromatic carbocycles. The first-order chi connectivity index (χ1) is 13.2. The topological polar surface area (TPSA) is 75.3 Å². The van der Waals surface area contributed by atoms with Crippen molar-refractivity contribution in [2.24, 2.45) is 5.92 Å². The highest BCUT2D eigenvalue weighted by Crippen LogP contribution is 2.27. The van der Waals surface area contributed by atoms with E-state index in [-0.39, 0.29) is 6.10 Å². The van der Waals surface area contributed by atoms with Crippen molar-refractivity contribution in [3.05, 3.63) is 60.0 Å². The fourth-order valence-electron chi connectivity index (χ4n) is 3.65. The Kier molecular flexibility index (Phi) is 5.16. The van der Waals surface area contributed by atoms with Crippen LogP contribution in [0.1, 0.15) is 24.2 Å². The monoisotopic (exact) mass is 364 g/mol. The van der Waals surface area contributed by atoms with Gasteiger partial charge in [-0.25, -0.2) is 4.98 Å². The highest BCUT2D eigenvalue weighted by atomic mass is 16.5. The van der Waals surface area contributed by atoms with E-state index in [9.17, 15) is 5.11 Å². The lowest BCUT2D eigenvalue weighted by molar-refractivity contribution is 0.0929. The van der Waals surface area contributed by atoms with Crippen molar-refractivity contribution in [2.45, 2.75) is 32.3 Å². The van der Waals surface area contributed by atoms with E-state index in [4.69, 9.17) is 4.52 Å². The zero-order valence-electron chi connectivity index (χ0n) is 15.5. The molecule has 1 N–H and O–H groups in total. The van der Waals surface area contributed by atoms with Gasteiger partial charge in [-0.1, -0.05) is 35.5 Å². The van der Waals surface area contributed by atoms with Crippen LogP contribution in [-0.4, -0.2) is 39.4 Å². The molecule has 1 aliphatic heterocycles. The normalized spacial score (nSPS) is 16.4. The van der Waals surface area contributed by atoms with E-state index in [1.54, 1.807) is 13.1 Å². The minimum atomic E-state index is -0.286. The molecule has 0 radical (unpaired) electrons. The molecule has 1 fully saturated rings. The second kappa shape index (κ2) is 7.88. The van der Waals surface area contributed by atoms with Gasteiger partial charge in [0.05, 0.1) is 11.7 Å². The zero-order chi connectivity index (χ0) is 18.6. The number of aryl methyl sites for hydroxylation is 1. The Bertz CT molecular complexity index is 855. The van der Waals surface area contributed by atoms with Crippen molar-refractivity contribution in [1.29, 1.82) is 0 Å². The Morgan fingerprint density at radius 1 is 1.15 bits per heavy atom. The lowest BCUT2D eigenvalue weighted by Gasteiger charge is -2.35. The summed E-state index contributed by atoms with van der Waals surface area (Å²) in [6.07, 6.45) is 4.16. The molecule has 0 amide bonds. The maximum Gasteiger partial charge on any atom is 0.259 e. The van der Waals surface area contributed by atoms with E-state index >= 15 is 0 Å². The molecule has 0 unspecified atom stereocenters. The standard InChI is InChI=1S/C21H24N4O2/c1-15-23-21(27-24-15)18-7-8-20(22-14-18)25-11-9-17(10-12-25)19(26)13-16-5-3-2-4-6-16/h2-8,14,17,19,26H,9-13H2,1H3/t19-/m1/s1. The van der Waals surface area contributed by atoms with Gasteiger partial charge in [-0.3, -0.25) is 0 Å². The number of hydrogen-bond donors (Lipinski definition) is 1. The smallest absolute Gasteiger partial charge is 0.259 e. The molecule has 3 aromatic rings. The fourth-order valence-corrected chi connectivity index (χ4v) is 3.65. The van der Waals surface area contributed by atoms with E-state index < -0.39 is 0 Å². The van der Waals surface area contributed by atoms with Gasteiger partial charge in [-0.15, -0.1) is 0 Å². The quantitative estimate of drug-likeness (QED) is 0.749. The molecular formula is C21H24N4O2. The summed E-state index contributed by atoms with van der Waals surface area (Å²) in [5, 5.41) is 14.4. The molecule has 4 rings (SSSR count). The van der Waals surface area contributed by atoms with Crippen molar-refractivity contribution in [3.63, 3.8) is 0 Å². The number of aliphatic hydroxyl groups excluding tert-OH is 1. The summed E-state index contributed by atoms with van der Waals surface area (Å²) in [5.41, 5.74) is 2.02. The number of anilines is 1. The summed E-state index contributed by atoms with van der Waals surface area (Å²) >= 11 is 0. The molecule has 6 heteroatoms. The third-order valence-corrected chi connectivity index (χ3v) is 5.22. The Labute approximate surface area is 158 Å². The van der Waals surface area contributed by atoms with Gasteiger partial charge in [0.2, 0.25) is 0 Å². The SMILES string of the molecule is Cc1noc(-c2ccc(N3CCC([C@H](O)Cc4ccccc4)CC3)nc2)n1. The number of piperidine rings is 1. The molecule has 0 bridgehead atoms. The van der Waals surface area contributed by atoms with Crippen molar-refractivity contribution >= 4 is 5.82 Å². The lowest BCUT2D eigenvalue weighted by atomic mass is 9.88. The minimum Gasteiger partial charge on any atom is -0.392 e.